The van der Waals surface area contributed by atoms with Crippen LogP contribution in [0.2, 0.25) is 5.02 Å². The maximum atomic E-state index is 12.6. The van der Waals surface area contributed by atoms with Crippen LogP contribution in [0.5, 0.6) is 5.75 Å². The smallest absolute Gasteiger partial charge is 0.416 e. The number of carbonyl (C=O) groups excluding carboxylic acids is 1. The van der Waals surface area contributed by atoms with Gasteiger partial charge in [0.25, 0.3) is 0 Å². The largest absolute Gasteiger partial charge is 0.497 e. The van der Waals surface area contributed by atoms with E-state index >= 15 is 0 Å². The first kappa shape index (κ1) is 17.9. The summed E-state index contributed by atoms with van der Waals surface area (Å²) in [5.74, 6) is 0.291. The Morgan fingerprint density at radius 2 is 1.83 bits per heavy atom. The fourth-order valence-electron chi connectivity index (χ4n) is 1.89. The molecule has 0 bridgehead atoms. The first-order valence-electron chi connectivity index (χ1n) is 6.84. The second-order valence-electron chi connectivity index (χ2n) is 4.82. The van der Waals surface area contributed by atoms with E-state index in [0.29, 0.717) is 11.4 Å². The number of rotatable bonds is 5. The van der Waals surface area contributed by atoms with Gasteiger partial charge in [-0.3, -0.25) is 4.79 Å². The van der Waals surface area contributed by atoms with Gasteiger partial charge in [0.1, 0.15) is 5.75 Å². The van der Waals surface area contributed by atoms with E-state index in [4.69, 9.17) is 16.3 Å². The fourth-order valence-corrected chi connectivity index (χ4v) is 2.14. The van der Waals surface area contributed by atoms with Crippen molar-refractivity contribution in [1.29, 1.82) is 0 Å². The van der Waals surface area contributed by atoms with E-state index in [2.05, 4.69) is 10.6 Å². The summed E-state index contributed by atoms with van der Waals surface area (Å²) in [4.78, 5) is 11.8. The molecule has 24 heavy (non-hydrogen) atoms. The third-order valence-corrected chi connectivity index (χ3v) is 3.42. The van der Waals surface area contributed by atoms with Crippen molar-refractivity contribution in [2.75, 3.05) is 24.3 Å². The van der Waals surface area contributed by atoms with E-state index in [1.54, 1.807) is 24.3 Å². The number of hydrogen-bond acceptors (Lipinski definition) is 3. The van der Waals surface area contributed by atoms with Gasteiger partial charge in [-0.25, -0.2) is 0 Å². The predicted octanol–water partition coefficient (Wildman–Crippen LogP) is 4.42. The van der Waals surface area contributed by atoms with E-state index in [1.165, 1.54) is 13.2 Å². The lowest BCUT2D eigenvalue weighted by molar-refractivity contribution is -0.137. The number of amides is 1. The number of benzene rings is 2. The molecule has 128 valence electrons. The van der Waals surface area contributed by atoms with Gasteiger partial charge in [0, 0.05) is 5.69 Å². The molecule has 0 saturated carbocycles. The number of anilines is 2. The number of methoxy groups -OCH3 is 1. The summed E-state index contributed by atoms with van der Waals surface area (Å²) in [6.07, 6.45) is -4.46. The Bertz CT molecular complexity index is 718. The summed E-state index contributed by atoms with van der Waals surface area (Å²) in [6, 6.07) is 9.61. The van der Waals surface area contributed by atoms with Gasteiger partial charge in [-0.05, 0) is 42.5 Å². The number of alkyl halides is 3. The zero-order chi connectivity index (χ0) is 17.7. The Morgan fingerprint density at radius 3 is 2.38 bits per heavy atom. The summed E-state index contributed by atoms with van der Waals surface area (Å²) in [7, 11) is 1.53. The minimum atomic E-state index is -4.46. The number of hydrogen-bond donors (Lipinski definition) is 2. The van der Waals surface area contributed by atoms with Crippen molar-refractivity contribution in [2.45, 2.75) is 6.18 Å². The molecule has 0 aromatic heterocycles. The lowest BCUT2D eigenvalue weighted by Crippen LogP contribution is -2.21. The molecule has 0 radical (unpaired) electrons. The van der Waals surface area contributed by atoms with E-state index in [9.17, 15) is 18.0 Å². The molecule has 0 spiro atoms. The molecule has 0 saturated heterocycles. The van der Waals surface area contributed by atoms with E-state index < -0.39 is 11.7 Å². The van der Waals surface area contributed by atoms with Gasteiger partial charge in [0.2, 0.25) is 5.91 Å². The molecule has 0 aliphatic rings. The van der Waals surface area contributed by atoms with Crippen molar-refractivity contribution < 1.29 is 22.7 Å². The number of nitrogens with one attached hydrogen (secondary N) is 2. The van der Waals surface area contributed by atoms with Crippen molar-refractivity contribution in [3.63, 3.8) is 0 Å². The van der Waals surface area contributed by atoms with Gasteiger partial charge in [0.05, 0.1) is 29.9 Å². The average Bonchev–Trinajstić information content (AvgIpc) is 2.53. The Kier molecular flexibility index (Phi) is 5.56. The summed E-state index contributed by atoms with van der Waals surface area (Å²) in [6.45, 7) is -0.142. The van der Waals surface area contributed by atoms with Crippen LogP contribution in [0.1, 0.15) is 5.56 Å². The highest BCUT2D eigenvalue weighted by Crippen LogP contribution is 2.33. The zero-order valence-corrected chi connectivity index (χ0v) is 13.3. The quantitative estimate of drug-likeness (QED) is 0.832. The second-order valence-corrected chi connectivity index (χ2v) is 5.23. The van der Waals surface area contributed by atoms with E-state index in [1.807, 2.05) is 0 Å². The highest BCUT2D eigenvalue weighted by molar-refractivity contribution is 6.33. The summed E-state index contributed by atoms with van der Waals surface area (Å²) in [5, 5.41) is 5.23. The van der Waals surface area contributed by atoms with Crippen molar-refractivity contribution in [1.82, 2.24) is 0 Å². The van der Waals surface area contributed by atoms with Gasteiger partial charge in [-0.1, -0.05) is 11.6 Å². The van der Waals surface area contributed by atoms with Gasteiger partial charge in [0.15, 0.2) is 0 Å². The van der Waals surface area contributed by atoms with Crippen LogP contribution in [0.15, 0.2) is 42.5 Å². The molecular formula is C16H14ClF3N2O2. The van der Waals surface area contributed by atoms with Crippen LogP contribution >= 0.6 is 11.6 Å². The van der Waals surface area contributed by atoms with Crippen LogP contribution in [-0.4, -0.2) is 19.6 Å². The maximum absolute atomic E-state index is 12.6. The molecule has 2 aromatic rings. The minimum absolute atomic E-state index is 0.109. The minimum Gasteiger partial charge on any atom is -0.497 e. The molecule has 2 N–H and O–H groups in total. The molecule has 0 fully saturated rings. The third kappa shape index (κ3) is 4.79. The summed E-state index contributed by atoms with van der Waals surface area (Å²) < 4.78 is 42.7. The molecule has 0 aliphatic carbocycles. The highest BCUT2D eigenvalue weighted by Gasteiger charge is 2.30. The zero-order valence-electron chi connectivity index (χ0n) is 12.6. The van der Waals surface area contributed by atoms with Crippen molar-refractivity contribution in [3.8, 4) is 5.75 Å². The highest BCUT2D eigenvalue weighted by atomic mass is 35.5. The van der Waals surface area contributed by atoms with Crippen LogP contribution in [0.25, 0.3) is 0 Å². The third-order valence-electron chi connectivity index (χ3n) is 3.11. The number of halogens is 4. The summed E-state index contributed by atoms with van der Waals surface area (Å²) >= 11 is 5.80. The van der Waals surface area contributed by atoms with Gasteiger partial charge in [-0.2, -0.15) is 13.2 Å². The Balaban J connectivity index is 1.93. The normalized spacial score (nSPS) is 11.0. The molecule has 0 atom stereocenters. The number of carbonyl (C=O) groups is 1. The fraction of sp³-hybridized carbons (Fsp3) is 0.188. The first-order valence-corrected chi connectivity index (χ1v) is 7.22. The Morgan fingerprint density at radius 1 is 1.17 bits per heavy atom. The molecule has 0 aliphatic heterocycles. The molecule has 2 aromatic carbocycles. The first-order chi connectivity index (χ1) is 11.3. The van der Waals surface area contributed by atoms with Crippen LogP contribution < -0.4 is 15.4 Å². The molecule has 0 heterocycles. The van der Waals surface area contributed by atoms with E-state index in [0.717, 1.165) is 12.1 Å². The molecule has 0 unspecified atom stereocenters. The Labute approximate surface area is 141 Å². The van der Waals surface area contributed by atoms with Crippen molar-refractivity contribution in [2.24, 2.45) is 0 Å². The number of ether oxygens (including phenoxy) is 1. The van der Waals surface area contributed by atoms with Crippen LogP contribution in [0.4, 0.5) is 24.5 Å². The summed E-state index contributed by atoms with van der Waals surface area (Å²) in [5.41, 5.74) is -0.0311. The second kappa shape index (κ2) is 7.44. The van der Waals surface area contributed by atoms with Gasteiger partial charge >= 0.3 is 6.18 Å². The topological polar surface area (TPSA) is 50.4 Å². The SMILES string of the molecule is COc1ccc(NC(=O)CNc2ccc(C(F)(F)F)cc2Cl)cc1. The molecule has 2 rings (SSSR count). The lowest BCUT2D eigenvalue weighted by atomic mass is 10.2. The molecule has 8 heteroatoms. The Hall–Kier alpha value is -2.41. The van der Waals surface area contributed by atoms with Gasteiger partial charge in [-0.15, -0.1) is 0 Å². The van der Waals surface area contributed by atoms with Gasteiger partial charge < -0.3 is 15.4 Å². The van der Waals surface area contributed by atoms with E-state index in [-0.39, 0.29) is 23.2 Å². The van der Waals surface area contributed by atoms with Crippen LogP contribution in [-0.2, 0) is 11.0 Å². The average molecular weight is 359 g/mol. The van der Waals surface area contributed by atoms with Crippen LogP contribution in [0, 0.1) is 0 Å². The monoisotopic (exact) mass is 358 g/mol. The molecular weight excluding hydrogens is 345 g/mol. The lowest BCUT2D eigenvalue weighted by Gasteiger charge is -2.12. The standard InChI is InChI=1S/C16H14ClF3N2O2/c1-24-12-5-3-11(4-6-12)22-15(23)9-21-14-7-2-10(8-13(14)17)16(18,19)20/h2-8,21H,9H2,1H3,(H,22,23). The van der Waals surface area contributed by atoms with Crippen LogP contribution in [0.3, 0.4) is 0 Å². The van der Waals surface area contributed by atoms with Crippen molar-refractivity contribution in [3.05, 3.63) is 53.1 Å². The predicted molar refractivity (Wildman–Crippen MR) is 86.6 cm³/mol. The molecule has 4 nitrogen and oxygen atoms in total. The van der Waals surface area contributed by atoms with Crippen molar-refractivity contribution >= 4 is 28.9 Å². The molecule has 1 amide bonds. The maximum Gasteiger partial charge on any atom is 0.416 e.